The summed E-state index contributed by atoms with van der Waals surface area (Å²) in [5.74, 6) is -0.806. The maximum absolute atomic E-state index is 13.2. The number of alkyl halides is 5. The number of rotatable bonds is 5. The van der Waals surface area contributed by atoms with Gasteiger partial charge in [0.1, 0.15) is 5.69 Å². The Labute approximate surface area is 184 Å². The van der Waals surface area contributed by atoms with Crippen LogP contribution in [0.1, 0.15) is 29.5 Å². The van der Waals surface area contributed by atoms with Gasteiger partial charge in [-0.25, -0.2) is 9.67 Å². The zero-order valence-electron chi connectivity index (χ0n) is 17.4. The molecule has 12 heteroatoms. The molecule has 2 aromatic heterocycles. The second kappa shape index (κ2) is 8.67. The fourth-order valence-electron chi connectivity index (χ4n) is 3.93. The van der Waals surface area contributed by atoms with Crippen LogP contribution in [0, 0.1) is 0 Å². The highest BCUT2D eigenvalue weighted by Crippen LogP contribution is 2.31. The number of halogens is 5. The molecule has 2 atom stereocenters. The molecule has 0 bridgehead atoms. The number of morpholine rings is 1. The average molecular weight is 469 g/mol. The fraction of sp³-hybridized carbons (Fsp3) is 0.381. The molecule has 2 N–H and O–H groups in total. The van der Waals surface area contributed by atoms with Crippen LogP contribution in [-0.2, 0) is 11.3 Å². The third-order valence-corrected chi connectivity index (χ3v) is 5.35. The number of primary amides is 1. The second-order valence-corrected chi connectivity index (χ2v) is 7.93. The monoisotopic (exact) mass is 469 g/mol. The lowest BCUT2D eigenvalue weighted by molar-refractivity contribution is -0.252. The number of nitrogens with zero attached hydrogens (tertiary/aromatic N) is 4. The molecule has 7 nitrogen and oxygen atoms in total. The van der Waals surface area contributed by atoms with Crippen LogP contribution in [0.4, 0.5) is 22.0 Å². The maximum Gasteiger partial charge on any atom is 0.415 e. The fourth-order valence-corrected chi connectivity index (χ4v) is 3.93. The van der Waals surface area contributed by atoms with E-state index in [0.29, 0.717) is 38.8 Å². The Morgan fingerprint density at radius 1 is 1.27 bits per heavy atom. The van der Waals surface area contributed by atoms with Crippen LogP contribution in [0.5, 0.6) is 0 Å². The minimum Gasteiger partial charge on any atom is -0.364 e. The molecule has 1 amide bonds. The predicted octanol–water partition coefficient (Wildman–Crippen LogP) is 3.74. The van der Waals surface area contributed by atoms with E-state index in [1.165, 1.54) is 12.3 Å². The van der Waals surface area contributed by atoms with Crippen molar-refractivity contribution in [3.63, 3.8) is 0 Å². The number of ether oxygens (including phenoxy) is 1. The SMILES string of the molecule is C[C@@H]1CN(Cc2ccc3c(-c4cnn(C(F)F)c4)cc(C(N)=O)nc3c2)C[C@H](C(F)(F)F)O1. The van der Waals surface area contributed by atoms with Crippen LogP contribution in [0.15, 0.2) is 36.7 Å². The number of hydrogen-bond donors (Lipinski definition) is 1. The van der Waals surface area contributed by atoms with Crippen LogP contribution in [0.25, 0.3) is 22.0 Å². The number of pyridine rings is 1. The summed E-state index contributed by atoms with van der Waals surface area (Å²) >= 11 is 0. The van der Waals surface area contributed by atoms with Gasteiger partial charge in [-0.1, -0.05) is 12.1 Å². The number of carbonyl (C=O) groups is 1. The van der Waals surface area contributed by atoms with Crippen molar-refractivity contribution in [2.24, 2.45) is 5.73 Å². The van der Waals surface area contributed by atoms with Crippen molar-refractivity contribution in [1.82, 2.24) is 19.7 Å². The molecule has 1 aliphatic heterocycles. The third kappa shape index (κ3) is 4.96. The molecular weight excluding hydrogens is 449 g/mol. The van der Waals surface area contributed by atoms with E-state index in [1.54, 1.807) is 30.0 Å². The number of nitrogens with two attached hydrogens (primary N) is 1. The summed E-state index contributed by atoms with van der Waals surface area (Å²) in [5.41, 5.74) is 7.12. The molecule has 0 saturated carbocycles. The van der Waals surface area contributed by atoms with E-state index in [4.69, 9.17) is 10.5 Å². The third-order valence-electron chi connectivity index (χ3n) is 5.35. The van der Waals surface area contributed by atoms with Crippen LogP contribution in [0.2, 0.25) is 0 Å². The van der Waals surface area contributed by atoms with Gasteiger partial charge in [0.15, 0.2) is 6.10 Å². The minimum absolute atomic E-state index is 0.0726. The van der Waals surface area contributed by atoms with E-state index in [1.807, 2.05) is 0 Å². The van der Waals surface area contributed by atoms with Crippen LogP contribution >= 0.6 is 0 Å². The summed E-state index contributed by atoms with van der Waals surface area (Å²) in [7, 11) is 0. The normalized spacial score (nSPS) is 20.0. The number of aromatic nitrogens is 3. The molecule has 0 spiro atoms. The Kier molecular flexibility index (Phi) is 6.06. The first-order chi connectivity index (χ1) is 15.5. The molecule has 176 valence electrons. The Morgan fingerprint density at radius 3 is 2.67 bits per heavy atom. The number of fused-ring (bicyclic) bond motifs is 1. The number of benzene rings is 1. The van der Waals surface area contributed by atoms with Crippen molar-refractivity contribution < 1.29 is 31.5 Å². The minimum atomic E-state index is -4.47. The van der Waals surface area contributed by atoms with Gasteiger partial charge >= 0.3 is 12.7 Å². The molecule has 1 aromatic carbocycles. The quantitative estimate of drug-likeness (QED) is 0.576. The second-order valence-electron chi connectivity index (χ2n) is 7.93. The molecule has 0 aliphatic carbocycles. The largest absolute Gasteiger partial charge is 0.415 e. The molecule has 1 aliphatic rings. The smallest absolute Gasteiger partial charge is 0.364 e. The van der Waals surface area contributed by atoms with Gasteiger partial charge in [-0.3, -0.25) is 9.69 Å². The van der Waals surface area contributed by atoms with E-state index >= 15 is 0 Å². The number of carbonyl (C=O) groups excluding carboxylic acids is 1. The molecule has 33 heavy (non-hydrogen) atoms. The topological polar surface area (TPSA) is 86.3 Å². The molecule has 1 fully saturated rings. The first-order valence-electron chi connectivity index (χ1n) is 10.0. The lowest BCUT2D eigenvalue weighted by atomic mass is 10.0. The highest BCUT2D eigenvalue weighted by atomic mass is 19.4. The first kappa shape index (κ1) is 23.1. The van der Waals surface area contributed by atoms with Gasteiger partial charge in [0.05, 0.1) is 17.8 Å². The summed E-state index contributed by atoms with van der Waals surface area (Å²) in [6.07, 6.45) is -4.55. The van der Waals surface area contributed by atoms with Crippen molar-refractivity contribution in [2.45, 2.75) is 38.4 Å². The van der Waals surface area contributed by atoms with Crippen molar-refractivity contribution in [1.29, 1.82) is 0 Å². The lowest BCUT2D eigenvalue weighted by Gasteiger charge is -2.37. The van der Waals surface area contributed by atoms with Gasteiger partial charge in [0.2, 0.25) is 0 Å². The van der Waals surface area contributed by atoms with E-state index in [2.05, 4.69) is 10.1 Å². The summed E-state index contributed by atoms with van der Waals surface area (Å²) in [6.45, 7) is -1.03. The summed E-state index contributed by atoms with van der Waals surface area (Å²) in [5, 5.41) is 4.18. The van der Waals surface area contributed by atoms with Crippen LogP contribution < -0.4 is 5.73 Å². The molecule has 3 heterocycles. The van der Waals surface area contributed by atoms with E-state index in [-0.39, 0.29) is 18.8 Å². The van der Waals surface area contributed by atoms with Gasteiger partial charge in [0.25, 0.3) is 5.91 Å². The van der Waals surface area contributed by atoms with E-state index in [9.17, 15) is 26.7 Å². The Bertz CT molecular complexity index is 1180. The summed E-state index contributed by atoms with van der Waals surface area (Å²) in [4.78, 5) is 17.7. The molecular formula is C21H20F5N5O2. The van der Waals surface area contributed by atoms with Gasteiger partial charge in [0, 0.05) is 36.8 Å². The van der Waals surface area contributed by atoms with Gasteiger partial charge < -0.3 is 10.5 Å². The zero-order chi connectivity index (χ0) is 23.9. The van der Waals surface area contributed by atoms with E-state index in [0.717, 1.165) is 6.20 Å². The maximum atomic E-state index is 13.2. The summed E-state index contributed by atoms with van der Waals surface area (Å²) < 4.78 is 70.9. The highest BCUT2D eigenvalue weighted by molar-refractivity contribution is 6.00. The van der Waals surface area contributed by atoms with Crippen LogP contribution in [0.3, 0.4) is 0 Å². The van der Waals surface area contributed by atoms with Crippen molar-refractivity contribution in [2.75, 3.05) is 13.1 Å². The van der Waals surface area contributed by atoms with Gasteiger partial charge in [-0.05, 0) is 30.2 Å². The van der Waals surface area contributed by atoms with Gasteiger partial charge in [-0.15, -0.1) is 0 Å². The zero-order valence-corrected chi connectivity index (χ0v) is 17.4. The van der Waals surface area contributed by atoms with Crippen molar-refractivity contribution >= 4 is 16.8 Å². The lowest BCUT2D eigenvalue weighted by Crippen LogP contribution is -2.51. The highest BCUT2D eigenvalue weighted by Gasteiger charge is 2.44. The van der Waals surface area contributed by atoms with Crippen LogP contribution in [-0.4, -0.2) is 57.0 Å². The molecule has 3 aromatic rings. The first-order valence-corrected chi connectivity index (χ1v) is 10.0. The average Bonchev–Trinajstić information content (AvgIpc) is 3.22. The standard InChI is InChI=1S/C21H20F5N5O2/c1-11-7-30(10-18(33-11)21(24,25)26)8-12-2-3-14-15(13-6-28-31(9-13)20(22)23)5-17(19(27)32)29-16(14)4-12/h2-6,9,11,18,20H,7-8,10H2,1H3,(H2,27,32)/t11-,18-/m1/s1. The van der Waals surface area contributed by atoms with E-state index < -0.39 is 30.8 Å². The Hall–Kier alpha value is -3.12. The van der Waals surface area contributed by atoms with Crippen molar-refractivity contribution in [3.05, 3.63) is 47.9 Å². The summed E-state index contributed by atoms with van der Waals surface area (Å²) in [6, 6.07) is 6.45. The molecule has 0 radical (unpaired) electrons. The number of hydrogen-bond acceptors (Lipinski definition) is 5. The van der Waals surface area contributed by atoms with Gasteiger partial charge in [-0.2, -0.15) is 27.1 Å². The number of amides is 1. The molecule has 1 saturated heterocycles. The Morgan fingerprint density at radius 2 is 2.03 bits per heavy atom. The molecule has 4 rings (SSSR count). The van der Waals surface area contributed by atoms with Crippen molar-refractivity contribution in [3.8, 4) is 11.1 Å². The molecule has 0 unspecified atom stereocenters. The predicted molar refractivity (Wildman–Crippen MR) is 108 cm³/mol. The Balaban J connectivity index is 1.69.